The van der Waals surface area contributed by atoms with E-state index in [-0.39, 0.29) is 0 Å². The maximum Gasteiger partial charge on any atom is 0.178 e. The largest absolute Gasteiger partial charge is 0.370 e. The van der Waals surface area contributed by atoms with Gasteiger partial charge in [-0.3, -0.25) is 0 Å². The minimum Gasteiger partial charge on any atom is -0.370 e. The van der Waals surface area contributed by atoms with Gasteiger partial charge in [0.15, 0.2) is 1.61 Å². The van der Waals surface area contributed by atoms with E-state index < -0.39 is 1.61 Å². The molecule has 0 radical (unpaired) electrons. The number of halogens is 3. The third-order valence-corrected chi connectivity index (χ3v) is 7.10. The van der Waals surface area contributed by atoms with Gasteiger partial charge in [-0.1, -0.05) is 55.2 Å². The average molecular weight is 508 g/mol. The molecule has 1 nitrogen and oxygen atoms in total. The Morgan fingerprint density at radius 2 is 1.83 bits per heavy atom. The molecule has 1 atom stereocenters. The van der Waals surface area contributed by atoms with Crippen molar-refractivity contribution >= 4 is 67.8 Å². The fraction of sp³-hybridized carbons (Fsp3) is 1.00. The van der Waals surface area contributed by atoms with E-state index in [2.05, 4.69) is 74.7 Å². The van der Waals surface area contributed by atoms with Crippen LogP contribution in [0.5, 0.6) is 0 Å². The maximum absolute atomic E-state index is 9.61. The molecule has 74 valence electrons. The molecule has 1 unspecified atom stereocenters. The van der Waals surface area contributed by atoms with Crippen molar-refractivity contribution in [2.45, 2.75) is 44.6 Å². The third kappa shape index (κ3) is 7.54. The van der Waals surface area contributed by atoms with Crippen LogP contribution < -0.4 is 0 Å². The molecule has 0 aliphatic rings. The molecule has 1 N–H and O–H groups in total. The van der Waals surface area contributed by atoms with E-state index in [1.165, 1.54) is 25.7 Å². The summed E-state index contributed by atoms with van der Waals surface area (Å²) in [6.07, 6.45) is 6.28. The molecule has 0 spiro atoms. The first kappa shape index (κ1) is 14.2. The lowest BCUT2D eigenvalue weighted by atomic mass is 10.1. The van der Waals surface area contributed by atoms with Gasteiger partial charge in [-0.25, -0.2) is 0 Å². The van der Waals surface area contributed by atoms with Gasteiger partial charge in [0.25, 0.3) is 0 Å². The number of alkyl halides is 3. The highest BCUT2D eigenvalue weighted by Gasteiger charge is 2.27. The van der Waals surface area contributed by atoms with E-state index in [9.17, 15) is 5.11 Å². The zero-order chi connectivity index (χ0) is 9.61. The Morgan fingerprint density at radius 1 is 1.25 bits per heavy atom. The van der Waals surface area contributed by atoms with Gasteiger partial charge in [-0.15, -0.1) is 0 Å². The molecule has 0 aliphatic carbocycles. The lowest BCUT2D eigenvalue weighted by Gasteiger charge is -2.20. The smallest absolute Gasteiger partial charge is 0.178 e. The van der Waals surface area contributed by atoms with Crippen molar-refractivity contribution in [2.75, 3.05) is 0 Å². The molecule has 0 fully saturated rings. The lowest BCUT2D eigenvalue weighted by molar-refractivity contribution is 0.259. The Morgan fingerprint density at radius 3 is 2.25 bits per heavy atom. The van der Waals surface area contributed by atoms with E-state index in [4.69, 9.17) is 0 Å². The predicted molar refractivity (Wildman–Crippen MR) is 79.6 cm³/mol. The van der Waals surface area contributed by atoms with Crippen molar-refractivity contribution in [3.05, 3.63) is 0 Å². The summed E-state index contributed by atoms with van der Waals surface area (Å²) >= 11 is 6.53. The number of aliphatic hydroxyl groups is 1. The molecule has 0 saturated heterocycles. The normalized spacial score (nSPS) is 14.8. The molecule has 0 aromatic heterocycles. The van der Waals surface area contributed by atoms with Crippen LogP contribution in [0.25, 0.3) is 0 Å². The van der Waals surface area contributed by atoms with Crippen LogP contribution >= 0.6 is 67.8 Å². The van der Waals surface area contributed by atoms with Crippen LogP contribution in [-0.2, 0) is 0 Å². The van der Waals surface area contributed by atoms with Gasteiger partial charge in [0.05, 0.1) is 3.92 Å². The lowest BCUT2D eigenvalue weighted by Crippen LogP contribution is -2.23. The molecule has 0 bridgehead atoms. The van der Waals surface area contributed by atoms with E-state index >= 15 is 0 Å². The zero-order valence-electron chi connectivity index (χ0n) is 7.19. The summed E-state index contributed by atoms with van der Waals surface area (Å²) in [5, 5.41) is 9.61. The average Bonchev–Trinajstić information content (AvgIpc) is 1.96. The number of hydrogen-bond acceptors (Lipinski definition) is 1. The third-order valence-electron chi connectivity index (χ3n) is 1.69. The molecule has 0 saturated carbocycles. The number of hydrogen-bond donors (Lipinski definition) is 1. The Hall–Kier alpha value is 2.15. The second-order valence-corrected chi connectivity index (χ2v) is 9.76. The first-order valence-corrected chi connectivity index (χ1v) is 7.63. The van der Waals surface area contributed by atoms with Crippen molar-refractivity contribution in [3.8, 4) is 0 Å². The molecule has 0 aromatic rings. The van der Waals surface area contributed by atoms with Crippen molar-refractivity contribution in [1.29, 1.82) is 0 Å². The summed E-state index contributed by atoms with van der Waals surface area (Å²) in [4.78, 5) is 0. The molecular weight excluding hydrogens is 493 g/mol. The first-order chi connectivity index (χ1) is 5.48. The Kier molecular flexibility index (Phi) is 8.78. The summed E-state index contributed by atoms with van der Waals surface area (Å²) in [7, 11) is 0. The van der Waals surface area contributed by atoms with Gasteiger partial charge in [0.1, 0.15) is 0 Å². The minimum absolute atomic E-state index is 0.369. The van der Waals surface area contributed by atoms with Gasteiger partial charge in [0.2, 0.25) is 0 Å². The molecule has 4 heteroatoms. The van der Waals surface area contributed by atoms with Gasteiger partial charge < -0.3 is 5.11 Å². The highest BCUT2D eigenvalue weighted by Crippen LogP contribution is 2.35. The second kappa shape index (κ2) is 7.44. The quantitative estimate of drug-likeness (QED) is 0.323. The van der Waals surface area contributed by atoms with Crippen LogP contribution in [0.1, 0.15) is 39.0 Å². The standard InChI is InChI=1S/C8H15I3O/c1-2-3-4-5-6-7(9)8(10,11)12/h7,12H,2-6H2,1H3. The van der Waals surface area contributed by atoms with Crippen molar-refractivity contribution in [3.63, 3.8) is 0 Å². The van der Waals surface area contributed by atoms with E-state index in [1.54, 1.807) is 0 Å². The second-order valence-electron chi connectivity index (χ2n) is 2.90. The summed E-state index contributed by atoms with van der Waals surface area (Å²) in [6, 6.07) is 0. The van der Waals surface area contributed by atoms with Gasteiger partial charge in [0, 0.05) is 0 Å². The van der Waals surface area contributed by atoms with E-state index in [0.29, 0.717) is 3.92 Å². The summed E-state index contributed by atoms with van der Waals surface area (Å²) < 4.78 is -0.199. The van der Waals surface area contributed by atoms with Gasteiger partial charge in [-0.05, 0) is 51.6 Å². The molecular formula is C8H15I3O. The van der Waals surface area contributed by atoms with Crippen LogP contribution in [0, 0.1) is 0 Å². The monoisotopic (exact) mass is 508 g/mol. The Labute approximate surface area is 116 Å². The molecule has 0 aromatic carbocycles. The maximum atomic E-state index is 9.61. The summed E-state index contributed by atoms with van der Waals surface area (Å²) in [5.41, 5.74) is 0. The van der Waals surface area contributed by atoms with Crippen molar-refractivity contribution in [2.24, 2.45) is 0 Å². The van der Waals surface area contributed by atoms with Crippen LogP contribution in [0.2, 0.25) is 0 Å². The van der Waals surface area contributed by atoms with Crippen LogP contribution in [-0.4, -0.2) is 10.6 Å². The Balaban J connectivity index is 3.38. The number of unbranched alkanes of at least 4 members (excludes halogenated alkanes) is 3. The summed E-state index contributed by atoms with van der Waals surface area (Å²) in [5.74, 6) is 0. The fourth-order valence-electron chi connectivity index (χ4n) is 0.924. The minimum atomic E-state index is -0.567. The highest BCUT2D eigenvalue weighted by molar-refractivity contribution is 14.2. The van der Waals surface area contributed by atoms with Gasteiger partial charge >= 0.3 is 0 Å². The summed E-state index contributed by atoms with van der Waals surface area (Å²) in [6.45, 7) is 2.22. The highest BCUT2D eigenvalue weighted by atomic mass is 127. The number of rotatable bonds is 6. The molecule has 0 aliphatic heterocycles. The van der Waals surface area contributed by atoms with E-state index in [0.717, 1.165) is 6.42 Å². The molecule has 12 heavy (non-hydrogen) atoms. The predicted octanol–water partition coefficient (Wildman–Crippen LogP) is 4.28. The van der Waals surface area contributed by atoms with Crippen molar-refractivity contribution in [1.82, 2.24) is 0 Å². The molecule has 0 amide bonds. The van der Waals surface area contributed by atoms with Gasteiger partial charge in [-0.2, -0.15) is 0 Å². The first-order valence-electron chi connectivity index (χ1n) is 4.22. The topological polar surface area (TPSA) is 20.2 Å². The zero-order valence-corrected chi connectivity index (χ0v) is 13.7. The fourth-order valence-corrected chi connectivity index (χ4v) is 1.99. The van der Waals surface area contributed by atoms with Crippen LogP contribution in [0.15, 0.2) is 0 Å². The SMILES string of the molecule is CCCCCCC(I)C(O)(I)I. The Bertz CT molecular complexity index is 111. The van der Waals surface area contributed by atoms with E-state index in [1.807, 2.05) is 0 Å². The van der Waals surface area contributed by atoms with Crippen molar-refractivity contribution < 1.29 is 5.11 Å². The van der Waals surface area contributed by atoms with Crippen LogP contribution in [0.4, 0.5) is 0 Å². The molecule has 0 heterocycles. The van der Waals surface area contributed by atoms with Crippen LogP contribution in [0.3, 0.4) is 0 Å². The molecule has 0 rings (SSSR count).